The van der Waals surface area contributed by atoms with E-state index in [1.165, 1.54) is 38.4 Å². The first kappa shape index (κ1) is 23.0. The van der Waals surface area contributed by atoms with E-state index in [9.17, 15) is 19.7 Å². The fourth-order valence-corrected chi connectivity index (χ4v) is 2.65. The van der Waals surface area contributed by atoms with Crippen molar-refractivity contribution in [2.45, 2.75) is 0 Å². The molecule has 16 heteroatoms. The summed E-state index contributed by atoms with van der Waals surface area (Å²) in [6.45, 7) is 0. The average molecular weight is 462 g/mol. The van der Waals surface area contributed by atoms with Gasteiger partial charge in [0, 0.05) is 31.9 Å². The van der Waals surface area contributed by atoms with E-state index in [-0.39, 0.29) is 16.9 Å². The average Bonchev–Trinajstić information content (AvgIpc) is 3.34. The monoisotopic (exact) mass is 462 g/mol. The number of benzene rings is 2. The quantitative estimate of drug-likeness (QED) is 0.224. The van der Waals surface area contributed by atoms with Gasteiger partial charge in [-0.3, -0.25) is 10.1 Å². The number of nitro groups is 1. The Morgan fingerprint density at radius 1 is 0.853 bits per heavy atom. The number of nitro benzene ring substituents is 1. The molecule has 0 unspecified atom stereocenters. The lowest BCUT2D eigenvalue weighted by molar-refractivity contribution is -0.384. The highest BCUT2D eigenvalue weighted by Gasteiger charge is 2.16. The Bertz CT molecular complexity index is 1590. The van der Waals surface area contributed by atoms with E-state index >= 15 is 0 Å². The number of nitrogens with zero attached hydrogens (tertiary/aromatic N) is 11. The Labute approximate surface area is 189 Å². The molecule has 34 heavy (non-hydrogen) atoms. The van der Waals surface area contributed by atoms with Gasteiger partial charge in [-0.05, 0) is 45.1 Å². The lowest BCUT2D eigenvalue weighted by atomic mass is 10.2. The summed E-state index contributed by atoms with van der Waals surface area (Å²) in [4.78, 5) is 33.3. The normalized spacial score (nSPS) is 10.0. The topological polar surface area (TPSA) is 222 Å². The summed E-state index contributed by atoms with van der Waals surface area (Å²) in [5.41, 5.74) is 5.58. The molecule has 0 bridgehead atoms. The van der Waals surface area contributed by atoms with Crippen LogP contribution in [0.5, 0.6) is 0 Å². The number of rotatable bonds is 3. The van der Waals surface area contributed by atoms with Crippen molar-refractivity contribution in [2.24, 2.45) is 14.1 Å². The van der Waals surface area contributed by atoms with Gasteiger partial charge in [0.1, 0.15) is 12.1 Å². The van der Waals surface area contributed by atoms with Gasteiger partial charge in [0.15, 0.2) is 0 Å². The molecule has 2 N–H and O–H groups in total. The van der Waals surface area contributed by atoms with Crippen LogP contribution in [0.1, 0.15) is 11.1 Å². The second-order valence-electron chi connectivity index (χ2n) is 6.55. The number of aromatic nitrogens is 8. The largest absolute Gasteiger partial charge is 0.399 e. The van der Waals surface area contributed by atoms with Crippen LogP contribution in [0, 0.1) is 32.8 Å². The number of tetrazole rings is 2. The van der Waals surface area contributed by atoms with Crippen molar-refractivity contribution in [1.29, 1.82) is 10.5 Å². The fourth-order valence-electron chi connectivity index (χ4n) is 2.65. The molecule has 0 fully saturated rings. The van der Waals surface area contributed by atoms with Crippen LogP contribution < -0.4 is 17.1 Å². The molecule has 0 saturated carbocycles. The number of nitriles is 2. The number of hydrogen-bond acceptors (Lipinski definition) is 11. The van der Waals surface area contributed by atoms with Gasteiger partial charge >= 0.3 is 11.4 Å². The Kier molecular flexibility index (Phi) is 6.26. The lowest BCUT2D eigenvalue weighted by Gasteiger charge is -2.02. The summed E-state index contributed by atoms with van der Waals surface area (Å²) >= 11 is 0. The van der Waals surface area contributed by atoms with Crippen LogP contribution in [0.3, 0.4) is 0 Å². The maximum absolute atomic E-state index is 11.6. The molecule has 16 nitrogen and oxygen atoms in total. The number of anilines is 1. The van der Waals surface area contributed by atoms with Crippen LogP contribution in [-0.4, -0.2) is 44.5 Å². The molecule has 0 amide bonds. The summed E-state index contributed by atoms with van der Waals surface area (Å²) in [6, 6.07) is 12.0. The smallest absolute Gasteiger partial charge is 0.368 e. The third-order valence-corrected chi connectivity index (χ3v) is 4.35. The second kappa shape index (κ2) is 9.24. The zero-order chi connectivity index (χ0) is 25.0. The van der Waals surface area contributed by atoms with E-state index in [1.807, 2.05) is 12.1 Å². The first-order chi connectivity index (χ1) is 16.2. The SMILES string of the molecule is Cn1nnn(-c2cc(N)ccc2C#N)c1=O.Cn1nnn(-c2cc([N+](=O)[O-])ccc2C#N)c1=O. The molecule has 0 aliphatic heterocycles. The highest BCUT2D eigenvalue weighted by Crippen LogP contribution is 2.19. The molecule has 2 heterocycles. The van der Waals surface area contributed by atoms with Crippen LogP contribution in [-0.2, 0) is 14.1 Å². The molecule has 0 atom stereocenters. The predicted molar refractivity (Wildman–Crippen MR) is 114 cm³/mol. The standard InChI is InChI=1S/C9H6N6O3.C9H8N6O/c1-13-9(16)14(12-11-13)8-4-7(15(17)18)3-2-6(8)5-10;1-14-9(16)15(13-12-14)8-4-7(11)3-2-6(8)5-10/h2-4H,1H3;2-4H,11H2,1H3. The van der Waals surface area contributed by atoms with Gasteiger partial charge in [0.2, 0.25) is 0 Å². The molecule has 4 rings (SSSR count). The first-order valence-electron chi connectivity index (χ1n) is 9.15. The number of nitrogens with two attached hydrogens (primary N) is 1. The van der Waals surface area contributed by atoms with Crippen LogP contribution in [0.4, 0.5) is 11.4 Å². The van der Waals surface area contributed by atoms with Crippen molar-refractivity contribution in [1.82, 2.24) is 39.6 Å². The predicted octanol–water partition coefficient (Wildman–Crippen LogP) is -0.834. The van der Waals surface area contributed by atoms with Crippen molar-refractivity contribution in [3.63, 3.8) is 0 Å². The van der Waals surface area contributed by atoms with Gasteiger partial charge in [0.25, 0.3) is 5.69 Å². The Morgan fingerprint density at radius 2 is 1.32 bits per heavy atom. The van der Waals surface area contributed by atoms with Gasteiger partial charge < -0.3 is 5.73 Å². The van der Waals surface area contributed by atoms with E-state index in [1.54, 1.807) is 6.07 Å². The van der Waals surface area contributed by atoms with Crippen LogP contribution in [0.25, 0.3) is 11.4 Å². The summed E-state index contributed by atoms with van der Waals surface area (Å²) < 4.78 is 3.91. The summed E-state index contributed by atoms with van der Waals surface area (Å²) in [7, 11) is 2.86. The minimum atomic E-state index is -0.619. The molecule has 170 valence electrons. The third-order valence-electron chi connectivity index (χ3n) is 4.35. The number of aryl methyl sites for hydroxylation is 2. The van der Waals surface area contributed by atoms with Crippen LogP contribution in [0.15, 0.2) is 46.0 Å². The molecule has 0 saturated heterocycles. The Morgan fingerprint density at radius 3 is 1.74 bits per heavy atom. The van der Waals surface area contributed by atoms with E-state index in [0.29, 0.717) is 16.9 Å². The summed E-state index contributed by atoms with van der Waals surface area (Å²) in [6.07, 6.45) is 0. The van der Waals surface area contributed by atoms with E-state index in [0.717, 1.165) is 24.8 Å². The molecular formula is C18H14N12O4. The van der Waals surface area contributed by atoms with Crippen LogP contribution >= 0.6 is 0 Å². The number of non-ortho nitro benzene ring substituents is 1. The lowest BCUT2D eigenvalue weighted by Crippen LogP contribution is -2.22. The molecule has 0 radical (unpaired) electrons. The summed E-state index contributed by atoms with van der Waals surface area (Å²) in [5, 5.41) is 42.7. The third kappa shape index (κ3) is 4.36. The number of nitrogen functional groups attached to an aromatic ring is 1. The van der Waals surface area contributed by atoms with E-state index in [4.69, 9.17) is 16.3 Å². The molecule has 0 aliphatic rings. The highest BCUT2D eigenvalue weighted by molar-refractivity contribution is 5.56. The van der Waals surface area contributed by atoms with E-state index < -0.39 is 16.3 Å². The summed E-state index contributed by atoms with van der Waals surface area (Å²) in [5.74, 6) is 0. The molecule has 2 aromatic carbocycles. The van der Waals surface area contributed by atoms with Crippen molar-refractivity contribution in [3.8, 4) is 23.5 Å². The van der Waals surface area contributed by atoms with Gasteiger partial charge in [-0.1, -0.05) is 0 Å². The van der Waals surface area contributed by atoms with Gasteiger partial charge in [-0.15, -0.1) is 0 Å². The zero-order valence-electron chi connectivity index (χ0n) is 17.6. The second-order valence-corrected chi connectivity index (χ2v) is 6.55. The van der Waals surface area contributed by atoms with Gasteiger partial charge in [-0.2, -0.15) is 29.3 Å². The fraction of sp³-hybridized carbons (Fsp3) is 0.111. The molecule has 0 aliphatic carbocycles. The van der Waals surface area contributed by atoms with Crippen molar-refractivity contribution in [2.75, 3.05) is 5.73 Å². The Balaban J connectivity index is 0.000000192. The van der Waals surface area contributed by atoms with Crippen LogP contribution in [0.2, 0.25) is 0 Å². The van der Waals surface area contributed by atoms with E-state index in [2.05, 4.69) is 20.9 Å². The first-order valence-corrected chi connectivity index (χ1v) is 9.15. The van der Waals surface area contributed by atoms with Gasteiger partial charge in [0.05, 0.1) is 27.4 Å². The highest BCUT2D eigenvalue weighted by atomic mass is 16.6. The molecular weight excluding hydrogens is 448 g/mol. The minimum absolute atomic E-state index is 0.0322. The Hall–Kier alpha value is -5.64. The minimum Gasteiger partial charge on any atom is -0.399 e. The van der Waals surface area contributed by atoms with Crippen molar-refractivity contribution in [3.05, 3.63) is 78.6 Å². The van der Waals surface area contributed by atoms with Gasteiger partial charge in [-0.25, -0.2) is 9.59 Å². The molecule has 0 spiro atoms. The maximum Gasteiger partial charge on any atom is 0.368 e. The van der Waals surface area contributed by atoms with Crippen molar-refractivity contribution < 1.29 is 4.92 Å². The molecule has 4 aromatic rings. The molecule has 2 aromatic heterocycles. The number of hydrogen-bond donors (Lipinski definition) is 1. The maximum atomic E-state index is 11.6. The van der Waals surface area contributed by atoms with Crippen molar-refractivity contribution >= 4 is 11.4 Å². The zero-order valence-corrected chi connectivity index (χ0v) is 17.6.